The van der Waals surface area contributed by atoms with Gasteiger partial charge < -0.3 is 40.5 Å². The van der Waals surface area contributed by atoms with E-state index in [1.54, 1.807) is 0 Å². The first-order chi connectivity index (χ1) is 18.2. The van der Waals surface area contributed by atoms with Crippen molar-refractivity contribution in [3.05, 3.63) is 45.7 Å². The number of benzene rings is 2. The molecule has 24 heteroatoms. The van der Waals surface area contributed by atoms with Crippen molar-refractivity contribution < 1.29 is 207 Å². The van der Waals surface area contributed by atoms with Gasteiger partial charge in [-0.15, -0.1) is 0 Å². The molecular formula is C19H13Cl2K3N4O12S3. The number of carbonyl (C=O) groups is 2. The van der Waals surface area contributed by atoms with Crippen molar-refractivity contribution in [1.82, 2.24) is 0 Å². The third-order valence-electron chi connectivity index (χ3n) is 5.06. The molecule has 0 radical (unpaired) electrons. The maximum absolute atomic E-state index is 13.0. The molecule has 0 fully saturated rings. The number of carbonyl (C=O) groups excluding carboxylic acids is 2. The van der Waals surface area contributed by atoms with E-state index in [0.717, 1.165) is 13.2 Å². The number of allylic oxidation sites excluding steroid dienone is 2. The molecule has 0 unspecified atom stereocenters. The van der Waals surface area contributed by atoms with E-state index in [4.69, 9.17) is 39.4 Å². The number of nitrogen functional groups attached to an aromatic ring is 2. The van der Waals surface area contributed by atoms with Crippen LogP contribution < -0.4 is 181 Å². The van der Waals surface area contributed by atoms with Crippen LogP contribution in [-0.4, -0.2) is 57.6 Å². The van der Waals surface area contributed by atoms with Crippen LogP contribution in [0.25, 0.3) is 0 Å². The van der Waals surface area contributed by atoms with Gasteiger partial charge in [0.2, 0.25) is 11.6 Å². The molecule has 2 aromatic carbocycles. The largest absolute Gasteiger partial charge is 1.00 e. The van der Waals surface area contributed by atoms with E-state index in [9.17, 15) is 48.5 Å². The third kappa shape index (κ3) is 10.2. The zero-order valence-electron chi connectivity index (χ0n) is 22.3. The molecule has 0 saturated heterocycles. The fourth-order valence-electron chi connectivity index (χ4n) is 3.29. The Hall–Kier alpha value is 1.48. The molecule has 16 nitrogen and oxygen atoms in total. The molecule has 2 aromatic rings. The molecule has 0 aliphatic heterocycles. The second-order valence-electron chi connectivity index (χ2n) is 7.63. The molecule has 43 heavy (non-hydrogen) atoms. The summed E-state index contributed by atoms with van der Waals surface area (Å²) in [6, 6.07) is 2.61. The molecule has 6 N–H and O–H groups in total. The number of methoxy groups -OCH3 is 1. The van der Waals surface area contributed by atoms with E-state index < -0.39 is 95.1 Å². The van der Waals surface area contributed by atoms with Crippen LogP contribution in [0, 0.1) is 0 Å². The molecule has 216 valence electrons. The number of ketones is 2. The summed E-state index contributed by atoms with van der Waals surface area (Å²) in [6.45, 7) is 0. The maximum Gasteiger partial charge on any atom is 1.00 e. The van der Waals surface area contributed by atoms with E-state index in [-0.39, 0.29) is 166 Å². The van der Waals surface area contributed by atoms with Crippen LogP contribution in [0.3, 0.4) is 0 Å². The first kappa shape index (κ1) is 44.5. The second-order valence-corrected chi connectivity index (χ2v) is 12.4. The second kappa shape index (κ2) is 16.7. The molecule has 0 aromatic heterocycles. The minimum absolute atomic E-state index is 0. The number of nitrogens with two attached hydrogens (primary N) is 2. The van der Waals surface area contributed by atoms with E-state index >= 15 is 0 Å². The summed E-state index contributed by atoms with van der Waals surface area (Å²) >= 11 is 12.1. The van der Waals surface area contributed by atoms with Crippen LogP contribution in [0.2, 0.25) is 0 Å². The van der Waals surface area contributed by atoms with Gasteiger partial charge in [-0.05, 0) is 18.2 Å². The quantitative estimate of drug-likeness (QED) is 0.0838. The smallest absolute Gasteiger partial charge is 0.744 e. The van der Waals surface area contributed by atoms with Gasteiger partial charge in [-0.1, -0.05) is 23.2 Å². The van der Waals surface area contributed by atoms with Gasteiger partial charge in [-0.2, -0.15) is 0 Å². The van der Waals surface area contributed by atoms with Crippen LogP contribution >= 0.6 is 23.2 Å². The molecule has 0 bridgehead atoms. The fourth-order valence-corrected chi connectivity index (χ4v) is 5.72. The fraction of sp³-hybridized carbons (Fsp3) is 0.0526. The van der Waals surface area contributed by atoms with Crippen molar-refractivity contribution in [2.24, 2.45) is 0 Å². The SMILES string of the molecule is COc1cc(N)c(S(=O)(=O)[O-])cc1NC1=C(Cl)C(=O)C(Nc2cc(S(=O)(=O)[O-])c(N)c(S(=O)(=O)[O-])c2)=C(Cl)C1=O.[K+].[K+].[K+]. The molecule has 0 spiro atoms. The third-order valence-corrected chi connectivity index (χ3v) is 8.43. The van der Waals surface area contributed by atoms with Crippen LogP contribution in [0.15, 0.2) is 60.4 Å². The predicted molar refractivity (Wildman–Crippen MR) is 135 cm³/mol. The Bertz CT molecular complexity index is 1850. The van der Waals surface area contributed by atoms with Gasteiger partial charge in [-0.3, -0.25) is 9.59 Å². The standard InChI is InChI=1S/C19H16Cl2N4O12S3.3K/c1-37-9-4-7(22)10(38(28,29)30)5-8(9)25-17-14(21)18(26)16(13(20)19(17)27)24-6-2-11(39(31,32)33)15(23)12(3-6)40(34,35)36;;;/h2-5,24-25H,22-23H2,1H3,(H,28,29,30)(H,31,32,33)(H,34,35,36);;;/q;3*+1/p-3. The molecule has 0 atom stereocenters. The van der Waals surface area contributed by atoms with Gasteiger partial charge in [0.15, 0.2) is 0 Å². The summed E-state index contributed by atoms with van der Waals surface area (Å²) < 4.78 is 109. The zero-order valence-corrected chi connectivity index (χ0v) is 35.7. The summed E-state index contributed by atoms with van der Waals surface area (Å²) in [5, 5.41) is 2.68. The average molecular weight is 774 g/mol. The number of ether oxygens (including phenoxy) is 1. The number of rotatable bonds is 8. The van der Waals surface area contributed by atoms with Gasteiger partial charge in [0.05, 0.1) is 38.9 Å². The molecule has 0 amide bonds. The Morgan fingerprint density at radius 3 is 1.47 bits per heavy atom. The zero-order chi connectivity index (χ0) is 30.5. The summed E-state index contributed by atoms with van der Waals surface area (Å²) in [4.78, 5) is 22.4. The number of hydrogen-bond acceptors (Lipinski definition) is 16. The number of nitrogens with one attached hydrogen (secondary N) is 2. The molecule has 1 aliphatic rings. The molecular weight excluding hydrogens is 761 g/mol. The van der Waals surface area contributed by atoms with Gasteiger partial charge in [0.1, 0.15) is 57.6 Å². The Morgan fingerprint density at radius 2 is 1.09 bits per heavy atom. The first-order valence-corrected chi connectivity index (χ1v) is 14.9. The van der Waals surface area contributed by atoms with E-state index in [0.29, 0.717) is 18.2 Å². The number of Topliss-reactive ketones (excluding diaryl/α,β-unsaturated/α-hetero) is 2. The molecule has 0 saturated carbocycles. The summed E-state index contributed by atoms with van der Waals surface area (Å²) in [6.07, 6.45) is 0. The van der Waals surface area contributed by atoms with Gasteiger partial charge in [0.25, 0.3) is 0 Å². The van der Waals surface area contributed by atoms with Crippen LogP contribution in [0.4, 0.5) is 22.7 Å². The topological polar surface area (TPSA) is 291 Å². The summed E-state index contributed by atoms with van der Waals surface area (Å²) in [5.74, 6) is -2.66. The van der Waals surface area contributed by atoms with Gasteiger partial charge >= 0.3 is 154 Å². The van der Waals surface area contributed by atoms with E-state index in [2.05, 4.69) is 10.6 Å². The number of anilines is 4. The minimum atomic E-state index is -5.45. The van der Waals surface area contributed by atoms with Gasteiger partial charge in [-0.25, -0.2) is 25.3 Å². The van der Waals surface area contributed by atoms with Crippen LogP contribution in [0.5, 0.6) is 5.75 Å². The van der Waals surface area contributed by atoms with Crippen molar-refractivity contribution in [3.63, 3.8) is 0 Å². The van der Waals surface area contributed by atoms with E-state index in [1.807, 2.05) is 0 Å². The minimum Gasteiger partial charge on any atom is -0.744 e. The van der Waals surface area contributed by atoms with Crippen molar-refractivity contribution in [2.45, 2.75) is 14.7 Å². The number of hydrogen-bond donors (Lipinski definition) is 4. The van der Waals surface area contributed by atoms with Gasteiger partial charge in [0, 0.05) is 11.8 Å². The average Bonchev–Trinajstić information content (AvgIpc) is 2.82. The first-order valence-electron chi connectivity index (χ1n) is 9.90. The maximum atomic E-state index is 13.0. The molecule has 3 rings (SSSR count). The van der Waals surface area contributed by atoms with Crippen molar-refractivity contribution >= 4 is 87.9 Å². The molecule has 0 heterocycles. The molecule has 1 aliphatic carbocycles. The number of halogens is 2. The summed E-state index contributed by atoms with van der Waals surface area (Å²) in [5.41, 5.74) is 6.64. The van der Waals surface area contributed by atoms with Crippen LogP contribution in [0.1, 0.15) is 0 Å². The summed E-state index contributed by atoms with van der Waals surface area (Å²) in [7, 11) is -14.9. The monoisotopic (exact) mass is 772 g/mol. The van der Waals surface area contributed by atoms with Crippen molar-refractivity contribution in [1.29, 1.82) is 0 Å². The Morgan fingerprint density at radius 1 is 0.698 bits per heavy atom. The van der Waals surface area contributed by atoms with Crippen LogP contribution in [-0.2, 0) is 39.9 Å². The Balaban J connectivity index is 0.00000588. The van der Waals surface area contributed by atoms with E-state index in [1.165, 1.54) is 0 Å². The normalized spacial score (nSPS) is 13.9. The Kier molecular flexibility index (Phi) is 17.3. The predicted octanol–water partition coefficient (Wildman–Crippen LogP) is -8.84. The Labute approximate surface area is 382 Å². The van der Waals surface area contributed by atoms with Crippen molar-refractivity contribution in [2.75, 3.05) is 29.2 Å². The van der Waals surface area contributed by atoms with Crippen molar-refractivity contribution in [3.8, 4) is 5.75 Å².